The fourth-order valence-electron chi connectivity index (χ4n) is 7.25. The molecule has 0 spiro atoms. The maximum atomic E-state index is 12.8. The molecule has 0 heterocycles. The van der Waals surface area contributed by atoms with Gasteiger partial charge in [-0.05, 0) is 122 Å². The van der Waals surface area contributed by atoms with Gasteiger partial charge in [-0.3, -0.25) is 9.59 Å². The predicted octanol–water partition coefficient (Wildman–Crippen LogP) is 18.8. The lowest BCUT2D eigenvalue weighted by Gasteiger charge is -2.18. The summed E-state index contributed by atoms with van der Waals surface area (Å²) in [6.45, 7) is 7.52. The van der Waals surface area contributed by atoms with E-state index < -0.39 is 6.10 Å². The Morgan fingerprint density at radius 1 is 0.348 bits per heavy atom. The van der Waals surface area contributed by atoms with Gasteiger partial charge in [0.25, 0.3) is 0 Å². The molecule has 5 heteroatoms. The summed E-state index contributed by atoms with van der Waals surface area (Å²) in [7, 11) is 0. The Morgan fingerprint density at radius 2 is 0.682 bits per heavy atom. The van der Waals surface area contributed by atoms with E-state index in [1.807, 2.05) is 0 Å². The molecule has 0 saturated carbocycles. The van der Waals surface area contributed by atoms with Gasteiger partial charge in [0.05, 0.1) is 6.61 Å². The average molecular weight is 915 g/mol. The van der Waals surface area contributed by atoms with Crippen LogP contribution in [0.3, 0.4) is 0 Å². The third kappa shape index (κ3) is 53.2. The molecule has 1 unspecified atom stereocenters. The molecular formula is C61H102O5. The number of rotatable bonds is 49. The zero-order chi connectivity index (χ0) is 47.7. The highest BCUT2D eigenvalue weighted by Gasteiger charge is 2.17. The minimum Gasteiger partial charge on any atom is -0.462 e. The van der Waals surface area contributed by atoms with Crippen molar-refractivity contribution in [2.45, 2.75) is 245 Å². The van der Waals surface area contributed by atoms with E-state index in [9.17, 15) is 9.59 Å². The molecule has 0 bridgehead atoms. The Kier molecular flexibility index (Phi) is 53.0. The summed E-state index contributed by atoms with van der Waals surface area (Å²) in [6.07, 6.45) is 76.7. The van der Waals surface area contributed by atoms with Crippen LogP contribution in [0, 0.1) is 0 Å². The van der Waals surface area contributed by atoms with Crippen molar-refractivity contribution in [3.05, 3.63) is 109 Å². The van der Waals surface area contributed by atoms with Gasteiger partial charge in [0.2, 0.25) is 0 Å². The Balaban J connectivity index is 4.35. The van der Waals surface area contributed by atoms with Crippen LogP contribution >= 0.6 is 0 Å². The molecule has 0 saturated heterocycles. The number of ether oxygens (including phenoxy) is 3. The van der Waals surface area contributed by atoms with Crippen molar-refractivity contribution >= 4 is 11.9 Å². The van der Waals surface area contributed by atoms with Crippen LogP contribution in [0.15, 0.2) is 109 Å². The Bertz CT molecular complexity index is 1310. The zero-order valence-electron chi connectivity index (χ0n) is 43.2. The maximum Gasteiger partial charge on any atom is 0.306 e. The second kappa shape index (κ2) is 55.9. The third-order valence-corrected chi connectivity index (χ3v) is 11.3. The summed E-state index contributed by atoms with van der Waals surface area (Å²) in [5, 5.41) is 0. The summed E-state index contributed by atoms with van der Waals surface area (Å²) in [4.78, 5) is 25.5. The van der Waals surface area contributed by atoms with Crippen LogP contribution in [0.4, 0.5) is 0 Å². The van der Waals surface area contributed by atoms with Crippen molar-refractivity contribution in [2.75, 3.05) is 19.8 Å². The highest BCUT2D eigenvalue weighted by atomic mass is 16.6. The first-order chi connectivity index (χ1) is 32.6. The van der Waals surface area contributed by atoms with Gasteiger partial charge >= 0.3 is 11.9 Å². The van der Waals surface area contributed by atoms with E-state index in [2.05, 4.69) is 130 Å². The van der Waals surface area contributed by atoms with E-state index in [4.69, 9.17) is 14.2 Å². The van der Waals surface area contributed by atoms with Crippen molar-refractivity contribution in [3.8, 4) is 0 Å². The molecule has 0 aliphatic rings. The minimum atomic E-state index is -0.564. The van der Waals surface area contributed by atoms with Crippen LogP contribution in [-0.2, 0) is 23.8 Å². The number of hydrogen-bond acceptors (Lipinski definition) is 5. The molecule has 0 radical (unpaired) electrons. The SMILES string of the molecule is CC/C=C\C/C=C\C/C=C\C/C=C\CCCCCCCCCOCC(COC(=O)CCCCCCC/C=C\C/C=C\C/C=C\CC)OC(=O)CCCCCCC/C=C\C/C=C\CCCCC. The second-order valence-corrected chi connectivity index (χ2v) is 17.7. The smallest absolute Gasteiger partial charge is 0.306 e. The molecular weight excluding hydrogens is 813 g/mol. The average Bonchev–Trinajstić information content (AvgIpc) is 3.32. The van der Waals surface area contributed by atoms with Crippen LogP contribution in [0.25, 0.3) is 0 Å². The van der Waals surface area contributed by atoms with Gasteiger partial charge in [-0.15, -0.1) is 0 Å². The lowest BCUT2D eigenvalue weighted by molar-refractivity contribution is -0.163. The molecule has 1 atom stereocenters. The number of hydrogen-bond donors (Lipinski definition) is 0. The summed E-state index contributed by atoms with van der Waals surface area (Å²) < 4.78 is 17.4. The third-order valence-electron chi connectivity index (χ3n) is 11.3. The highest BCUT2D eigenvalue weighted by molar-refractivity contribution is 5.70. The molecule has 5 nitrogen and oxygen atoms in total. The Morgan fingerprint density at radius 3 is 1.09 bits per heavy atom. The lowest BCUT2D eigenvalue weighted by Crippen LogP contribution is -2.30. The number of unbranched alkanes of at least 4 members (excludes halogenated alkanes) is 20. The van der Waals surface area contributed by atoms with Crippen LogP contribution < -0.4 is 0 Å². The summed E-state index contributed by atoms with van der Waals surface area (Å²) in [6, 6.07) is 0. The molecule has 0 fully saturated rings. The summed E-state index contributed by atoms with van der Waals surface area (Å²) >= 11 is 0. The molecule has 0 aliphatic heterocycles. The van der Waals surface area contributed by atoms with E-state index in [0.29, 0.717) is 19.4 Å². The topological polar surface area (TPSA) is 61.8 Å². The van der Waals surface area contributed by atoms with Crippen molar-refractivity contribution in [3.63, 3.8) is 0 Å². The standard InChI is InChI=1S/C61H102O5/c1-4-7-10-13-16-19-22-25-28-29-30-31-32-35-38-41-44-47-50-53-56-64-57-59(66-61(63)55-52-49-46-43-40-37-34-27-24-21-18-15-12-9-6-3)58-65-60(62)54-51-48-45-42-39-36-33-26-23-20-17-14-11-8-5-2/h7-8,10-11,16-21,25-28,30-31,33-34,59H,4-6,9,12-15,22-24,29,32,35-58H2,1-3H3/b10-7-,11-8-,19-16-,20-17-,21-18-,28-25-,31-30-,33-26-,34-27-. The molecule has 0 rings (SSSR count). The van der Waals surface area contributed by atoms with Crippen LogP contribution in [0.2, 0.25) is 0 Å². The van der Waals surface area contributed by atoms with Gasteiger partial charge in [0.15, 0.2) is 6.10 Å². The van der Waals surface area contributed by atoms with Crippen molar-refractivity contribution in [1.82, 2.24) is 0 Å². The van der Waals surface area contributed by atoms with Crippen LogP contribution in [0.5, 0.6) is 0 Å². The lowest BCUT2D eigenvalue weighted by atomic mass is 10.1. The van der Waals surface area contributed by atoms with Gasteiger partial charge in [-0.2, -0.15) is 0 Å². The van der Waals surface area contributed by atoms with Crippen LogP contribution in [0.1, 0.15) is 239 Å². The van der Waals surface area contributed by atoms with Gasteiger partial charge < -0.3 is 14.2 Å². The van der Waals surface area contributed by atoms with E-state index in [0.717, 1.165) is 122 Å². The minimum absolute atomic E-state index is 0.0601. The predicted molar refractivity (Wildman–Crippen MR) is 288 cm³/mol. The van der Waals surface area contributed by atoms with Gasteiger partial charge in [-0.1, -0.05) is 214 Å². The molecule has 0 aromatic rings. The first-order valence-electron chi connectivity index (χ1n) is 27.4. The monoisotopic (exact) mass is 915 g/mol. The van der Waals surface area contributed by atoms with E-state index in [1.165, 1.54) is 83.5 Å². The van der Waals surface area contributed by atoms with Crippen molar-refractivity contribution < 1.29 is 23.8 Å². The Labute approximate surface area is 408 Å². The van der Waals surface area contributed by atoms with Crippen molar-refractivity contribution in [2.24, 2.45) is 0 Å². The quantitative estimate of drug-likeness (QED) is 0.0346. The number of allylic oxidation sites excluding steroid dienone is 18. The first kappa shape index (κ1) is 62.6. The van der Waals surface area contributed by atoms with Crippen LogP contribution in [-0.4, -0.2) is 37.9 Å². The maximum absolute atomic E-state index is 12.8. The van der Waals surface area contributed by atoms with Gasteiger partial charge in [0.1, 0.15) is 6.61 Å². The normalized spacial score (nSPS) is 13.1. The van der Waals surface area contributed by atoms with Gasteiger partial charge in [-0.25, -0.2) is 0 Å². The van der Waals surface area contributed by atoms with Gasteiger partial charge in [0, 0.05) is 19.4 Å². The first-order valence-corrected chi connectivity index (χ1v) is 27.4. The molecule has 66 heavy (non-hydrogen) atoms. The zero-order valence-corrected chi connectivity index (χ0v) is 43.2. The summed E-state index contributed by atoms with van der Waals surface area (Å²) in [5.74, 6) is -0.442. The van der Waals surface area contributed by atoms with E-state index in [1.54, 1.807) is 0 Å². The molecule has 0 aromatic carbocycles. The fourth-order valence-corrected chi connectivity index (χ4v) is 7.25. The summed E-state index contributed by atoms with van der Waals surface area (Å²) in [5.41, 5.74) is 0. The fraction of sp³-hybridized carbons (Fsp3) is 0.672. The number of esters is 2. The molecule has 0 aromatic heterocycles. The largest absolute Gasteiger partial charge is 0.462 e. The molecule has 0 N–H and O–H groups in total. The van der Waals surface area contributed by atoms with Crippen molar-refractivity contribution in [1.29, 1.82) is 0 Å². The molecule has 0 aliphatic carbocycles. The van der Waals surface area contributed by atoms with E-state index in [-0.39, 0.29) is 25.2 Å². The number of carbonyl (C=O) groups excluding carboxylic acids is 2. The van der Waals surface area contributed by atoms with E-state index >= 15 is 0 Å². The second-order valence-electron chi connectivity index (χ2n) is 17.7. The molecule has 376 valence electrons. The highest BCUT2D eigenvalue weighted by Crippen LogP contribution is 2.13. The number of carbonyl (C=O) groups is 2. The molecule has 0 amide bonds. The Hall–Kier alpha value is -3.44.